The van der Waals surface area contributed by atoms with E-state index in [2.05, 4.69) is 69.1 Å². The van der Waals surface area contributed by atoms with Crippen LogP contribution in [0.25, 0.3) is 0 Å². The third-order valence-corrected chi connectivity index (χ3v) is 2.52. The third kappa shape index (κ3) is 3.76. The van der Waals surface area contributed by atoms with E-state index in [1.807, 2.05) is 13.8 Å². The van der Waals surface area contributed by atoms with Gasteiger partial charge in [-0.2, -0.15) is 0 Å². The first kappa shape index (κ1) is 14.8. The molecule has 0 saturated carbocycles. The molecule has 16 heavy (non-hydrogen) atoms. The van der Waals surface area contributed by atoms with Crippen molar-refractivity contribution in [2.45, 2.75) is 33.7 Å². The Kier molecular flexibility index (Phi) is 6.63. The Balaban J connectivity index is 0.00000106. The van der Waals surface area contributed by atoms with Crippen LogP contribution in [0.2, 0.25) is 0 Å². The van der Waals surface area contributed by atoms with Crippen LogP contribution < -0.4 is 9.80 Å². The van der Waals surface area contributed by atoms with E-state index in [0.29, 0.717) is 6.04 Å². The monoisotopic (exact) mass is 222 g/mol. The van der Waals surface area contributed by atoms with Gasteiger partial charge in [0.25, 0.3) is 0 Å². The lowest BCUT2D eigenvalue weighted by Crippen LogP contribution is -2.27. The average molecular weight is 222 g/mol. The van der Waals surface area contributed by atoms with E-state index in [4.69, 9.17) is 0 Å². The van der Waals surface area contributed by atoms with Crippen molar-refractivity contribution in [2.75, 3.05) is 30.9 Å². The number of rotatable bonds is 3. The van der Waals surface area contributed by atoms with Crippen LogP contribution in [0.1, 0.15) is 27.7 Å². The molecule has 0 N–H and O–H groups in total. The molecule has 2 nitrogen and oxygen atoms in total. The largest absolute Gasteiger partial charge is 0.376 e. The Labute approximate surface area is 101 Å². The van der Waals surface area contributed by atoms with Gasteiger partial charge in [0.15, 0.2) is 0 Å². The molecule has 0 radical (unpaired) electrons. The van der Waals surface area contributed by atoms with Gasteiger partial charge in [-0.05, 0) is 26.0 Å². The molecule has 0 saturated heterocycles. The molecule has 0 aliphatic rings. The SMILES string of the molecule is CC.CC(C)N(C)c1ccccc1N(C)C. The number of para-hydroxylation sites is 2. The molecule has 0 unspecified atom stereocenters. The standard InChI is InChI=1S/C12H20N2.C2H6/c1-10(2)14(5)12-9-7-6-8-11(12)13(3)4;1-2/h6-10H,1-5H3;1-2H3. The number of hydrogen-bond acceptors (Lipinski definition) is 2. The Morgan fingerprint density at radius 2 is 1.31 bits per heavy atom. The van der Waals surface area contributed by atoms with Crippen molar-refractivity contribution >= 4 is 11.4 Å². The lowest BCUT2D eigenvalue weighted by Gasteiger charge is -2.28. The van der Waals surface area contributed by atoms with Crippen LogP contribution in [0, 0.1) is 0 Å². The number of hydrogen-bond donors (Lipinski definition) is 0. The van der Waals surface area contributed by atoms with Crippen LogP contribution in [-0.4, -0.2) is 27.2 Å². The predicted molar refractivity (Wildman–Crippen MR) is 75.7 cm³/mol. The second-order valence-electron chi connectivity index (χ2n) is 4.09. The molecule has 0 heterocycles. The molecule has 0 aromatic heterocycles. The van der Waals surface area contributed by atoms with Gasteiger partial charge in [0.2, 0.25) is 0 Å². The summed E-state index contributed by atoms with van der Waals surface area (Å²) in [5.41, 5.74) is 2.55. The summed E-state index contributed by atoms with van der Waals surface area (Å²) in [4.78, 5) is 4.43. The zero-order valence-corrected chi connectivity index (χ0v) is 11.8. The van der Waals surface area contributed by atoms with E-state index in [-0.39, 0.29) is 0 Å². The maximum absolute atomic E-state index is 2.29. The van der Waals surface area contributed by atoms with E-state index in [9.17, 15) is 0 Å². The summed E-state index contributed by atoms with van der Waals surface area (Å²) in [5, 5.41) is 0. The maximum Gasteiger partial charge on any atom is 0.0603 e. The number of nitrogens with zero attached hydrogens (tertiary/aromatic N) is 2. The second-order valence-corrected chi connectivity index (χ2v) is 4.09. The molecule has 0 atom stereocenters. The van der Waals surface area contributed by atoms with E-state index in [0.717, 1.165) is 0 Å². The fraction of sp³-hybridized carbons (Fsp3) is 0.571. The molecule has 1 rings (SSSR count). The highest BCUT2D eigenvalue weighted by Gasteiger charge is 2.10. The molecular weight excluding hydrogens is 196 g/mol. The van der Waals surface area contributed by atoms with Gasteiger partial charge in [-0.15, -0.1) is 0 Å². The van der Waals surface area contributed by atoms with E-state index >= 15 is 0 Å². The average Bonchev–Trinajstić information content (AvgIpc) is 2.30. The summed E-state index contributed by atoms with van der Waals surface area (Å²) >= 11 is 0. The van der Waals surface area contributed by atoms with Crippen LogP contribution in [0.3, 0.4) is 0 Å². The molecule has 1 aromatic rings. The molecule has 92 valence electrons. The minimum atomic E-state index is 0.524. The van der Waals surface area contributed by atoms with Crippen LogP contribution in [0.5, 0.6) is 0 Å². The molecule has 0 spiro atoms. The summed E-state index contributed by atoms with van der Waals surface area (Å²) < 4.78 is 0. The van der Waals surface area contributed by atoms with Crippen molar-refractivity contribution in [3.8, 4) is 0 Å². The van der Waals surface area contributed by atoms with Gasteiger partial charge in [-0.25, -0.2) is 0 Å². The van der Waals surface area contributed by atoms with Gasteiger partial charge in [0.05, 0.1) is 11.4 Å². The van der Waals surface area contributed by atoms with Gasteiger partial charge in [-0.3, -0.25) is 0 Å². The van der Waals surface area contributed by atoms with Gasteiger partial charge in [0, 0.05) is 27.2 Å². The van der Waals surface area contributed by atoms with Crippen molar-refractivity contribution in [1.82, 2.24) is 0 Å². The van der Waals surface area contributed by atoms with Crippen molar-refractivity contribution in [1.29, 1.82) is 0 Å². The van der Waals surface area contributed by atoms with Crippen molar-refractivity contribution < 1.29 is 0 Å². The van der Waals surface area contributed by atoms with Crippen molar-refractivity contribution in [3.05, 3.63) is 24.3 Å². The van der Waals surface area contributed by atoms with Gasteiger partial charge >= 0.3 is 0 Å². The van der Waals surface area contributed by atoms with Crippen LogP contribution >= 0.6 is 0 Å². The first-order valence-electron chi connectivity index (χ1n) is 6.03. The molecule has 0 aliphatic carbocycles. The van der Waals surface area contributed by atoms with E-state index in [1.165, 1.54) is 11.4 Å². The Bertz CT molecular complexity index is 293. The van der Waals surface area contributed by atoms with Crippen LogP contribution in [0.15, 0.2) is 24.3 Å². The summed E-state index contributed by atoms with van der Waals surface area (Å²) in [6.45, 7) is 8.40. The fourth-order valence-electron chi connectivity index (χ4n) is 1.42. The zero-order valence-electron chi connectivity index (χ0n) is 11.8. The van der Waals surface area contributed by atoms with Gasteiger partial charge < -0.3 is 9.80 Å². The smallest absolute Gasteiger partial charge is 0.0603 e. The van der Waals surface area contributed by atoms with Crippen molar-refractivity contribution in [3.63, 3.8) is 0 Å². The molecule has 0 amide bonds. The second kappa shape index (κ2) is 7.15. The van der Waals surface area contributed by atoms with Gasteiger partial charge in [-0.1, -0.05) is 26.0 Å². The number of anilines is 2. The maximum atomic E-state index is 2.29. The Hall–Kier alpha value is -1.18. The summed E-state index contributed by atoms with van der Waals surface area (Å²) in [6, 6.07) is 8.99. The van der Waals surface area contributed by atoms with E-state index in [1.54, 1.807) is 0 Å². The first-order valence-corrected chi connectivity index (χ1v) is 6.03. The first-order chi connectivity index (χ1) is 7.54. The minimum Gasteiger partial charge on any atom is -0.376 e. The molecule has 2 heteroatoms. The molecular formula is C14H26N2. The van der Waals surface area contributed by atoms with Crippen molar-refractivity contribution in [2.24, 2.45) is 0 Å². The highest BCUT2D eigenvalue weighted by Crippen LogP contribution is 2.27. The highest BCUT2D eigenvalue weighted by molar-refractivity contribution is 5.70. The van der Waals surface area contributed by atoms with E-state index < -0.39 is 0 Å². The molecule has 1 aromatic carbocycles. The molecule has 0 bridgehead atoms. The fourth-order valence-corrected chi connectivity index (χ4v) is 1.42. The quantitative estimate of drug-likeness (QED) is 0.770. The van der Waals surface area contributed by atoms with Crippen LogP contribution in [-0.2, 0) is 0 Å². The predicted octanol–water partition coefficient (Wildman–Crippen LogP) is 3.62. The normalized spacial score (nSPS) is 9.50. The molecule has 0 fully saturated rings. The third-order valence-electron chi connectivity index (χ3n) is 2.52. The lowest BCUT2D eigenvalue weighted by molar-refractivity contribution is 0.754. The summed E-state index contributed by atoms with van der Waals surface area (Å²) in [7, 11) is 6.28. The Morgan fingerprint density at radius 3 is 1.69 bits per heavy atom. The summed E-state index contributed by atoms with van der Waals surface area (Å²) in [5.74, 6) is 0. The zero-order chi connectivity index (χ0) is 12.7. The minimum absolute atomic E-state index is 0.524. The Morgan fingerprint density at radius 1 is 0.875 bits per heavy atom. The highest BCUT2D eigenvalue weighted by atomic mass is 15.2. The number of benzene rings is 1. The van der Waals surface area contributed by atoms with Crippen LogP contribution in [0.4, 0.5) is 11.4 Å². The van der Waals surface area contributed by atoms with Gasteiger partial charge in [0.1, 0.15) is 0 Å². The topological polar surface area (TPSA) is 6.48 Å². The lowest BCUT2D eigenvalue weighted by atomic mass is 10.2. The summed E-state index contributed by atoms with van der Waals surface area (Å²) in [6.07, 6.45) is 0. The molecule has 0 aliphatic heterocycles.